The van der Waals surface area contributed by atoms with Crippen LogP contribution in [0.4, 0.5) is 0 Å². The monoisotopic (exact) mass is 770 g/mol. The first-order valence-electron chi connectivity index (χ1n) is 16.6. The minimum absolute atomic E-state index is 0.826. The van der Waals surface area contributed by atoms with Gasteiger partial charge in [-0.25, -0.2) is 0 Å². The summed E-state index contributed by atoms with van der Waals surface area (Å²) < 4.78 is 0. The molecule has 0 saturated heterocycles. The zero-order valence-corrected chi connectivity index (χ0v) is 33.7. The number of halogens is 2. The molecule has 0 spiro atoms. The molecule has 4 heteroatoms. The maximum absolute atomic E-state index is 4.93. The average Bonchev–Trinajstić information content (AvgIpc) is 3.81. The molecule has 0 nitrogen and oxygen atoms in total. The molecule has 0 aliphatic rings. The van der Waals surface area contributed by atoms with Crippen LogP contribution in [-0.4, -0.2) is 10.2 Å². The van der Waals surface area contributed by atoms with Crippen molar-refractivity contribution in [2.45, 2.75) is 40.2 Å². The van der Waals surface area contributed by atoms with E-state index in [1.165, 1.54) is 76.5 Å². The molecule has 0 N–H and O–H groups in total. The molecular formula is C45H42Cl2SiZr-3. The third-order valence-corrected chi connectivity index (χ3v) is 8.60. The van der Waals surface area contributed by atoms with E-state index in [9.17, 15) is 0 Å². The van der Waals surface area contributed by atoms with Crippen LogP contribution in [0.5, 0.6) is 0 Å². The van der Waals surface area contributed by atoms with Crippen LogP contribution in [-0.2, 0) is 33.7 Å². The molecule has 0 unspecified atom stereocenters. The van der Waals surface area contributed by atoms with Crippen molar-refractivity contribution in [2.24, 2.45) is 0 Å². The molecule has 8 aromatic carbocycles. The summed E-state index contributed by atoms with van der Waals surface area (Å²) in [6.07, 6.45) is 2.17. The molecule has 0 heterocycles. The molecule has 8 aromatic rings. The van der Waals surface area contributed by atoms with Crippen LogP contribution < -0.4 is 0 Å². The molecular weight excluding hydrogens is 731 g/mol. The zero-order chi connectivity index (χ0) is 35.2. The summed E-state index contributed by atoms with van der Waals surface area (Å²) in [5.74, 6) is 0. The van der Waals surface area contributed by atoms with Crippen molar-refractivity contribution >= 4 is 70.4 Å². The Kier molecular flexibility index (Phi) is 15.6. The van der Waals surface area contributed by atoms with Gasteiger partial charge in [0.25, 0.3) is 0 Å². The standard InChI is InChI=1S/2C21H17.C2H5.CH3Si.2ClH.Zr/c2*1-2-15-13-17-9-6-12-20(21(17)14-15)19-11-5-8-16-7-3-4-10-18(16)19;2*1-2;;;/h2*3-14H,2H2,1H3;1H2,2H3;1H3;2*1H;/q3*-1;;;;+2/p-2. The fraction of sp³-hybridized carbons (Fsp3) is 0.133. The minimum atomic E-state index is -0.826. The van der Waals surface area contributed by atoms with Gasteiger partial charge in [0.2, 0.25) is 0 Å². The fourth-order valence-corrected chi connectivity index (χ4v) is 6.39. The molecule has 0 atom stereocenters. The van der Waals surface area contributed by atoms with Gasteiger partial charge in [-0.2, -0.15) is 19.1 Å². The van der Waals surface area contributed by atoms with Gasteiger partial charge in [0.15, 0.2) is 0 Å². The van der Waals surface area contributed by atoms with Crippen LogP contribution in [0.1, 0.15) is 31.9 Å². The van der Waals surface area contributed by atoms with Crippen molar-refractivity contribution in [1.82, 2.24) is 0 Å². The second-order valence-electron chi connectivity index (χ2n) is 11.2. The van der Waals surface area contributed by atoms with Crippen LogP contribution in [0.2, 0.25) is 6.55 Å². The summed E-state index contributed by atoms with van der Waals surface area (Å²) in [6.45, 7) is 11.2. The van der Waals surface area contributed by atoms with Crippen LogP contribution in [0.25, 0.3) is 65.3 Å². The Bertz CT molecular complexity index is 2040. The van der Waals surface area contributed by atoms with Crippen molar-refractivity contribution in [3.8, 4) is 22.3 Å². The molecule has 247 valence electrons. The molecule has 0 fully saturated rings. The summed E-state index contributed by atoms with van der Waals surface area (Å²) in [4.78, 5) is 0. The number of fused-ring (bicyclic) bond motifs is 4. The van der Waals surface area contributed by atoms with Crippen molar-refractivity contribution in [2.75, 3.05) is 0 Å². The van der Waals surface area contributed by atoms with E-state index in [0.717, 1.165) is 12.8 Å². The second kappa shape index (κ2) is 19.8. The van der Waals surface area contributed by atoms with E-state index in [1.807, 2.05) is 0 Å². The zero-order valence-electron chi connectivity index (χ0n) is 28.7. The molecule has 49 heavy (non-hydrogen) atoms. The molecule has 0 bridgehead atoms. The van der Waals surface area contributed by atoms with Crippen LogP contribution >= 0.6 is 17.0 Å². The topological polar surface area (TPSA) is 0 Å². The number of benzene rings is 6. The SMILES string of the molecule is CCc1cc2c(-c3cccc4ccccc34)cccc2[cH-]1.CCc1cc2c(-c3cccc4ccccc34)cccc2[cH-]1.C[Si].[CH2-]C.[Cl][Zr][Cl]. The Morgan fingerprint density at radius 1 is 0.490 bits per heavy atom. The van der Waals surface area contributed by atoms with Gasteiger partial charge in [-0.3, -0.25) is 0 Å². The van der Waals surface area contributed by atoms with Crippen LogP contribution in [0.15, 0.2) is 146 Å². The second-order valence-corrected chi connectivity index (χ2v) is 14.9. The third-order valence-electron chi connectivity index (χ3n) is 8.60. The maximum atomic E-state index is 4.93. The summed E-state index contributed by atoms with van der Waals surface area (Å²) in [5.41, 5.74) is 8.15. The Hall–Kier alpha value is -3.26. The van der Waals surface area contributed by atoms with Crippen LogP contribution in [0, 0.1) is 6.92 Å². The normalized spacial score (nSPS) is 10.2. The molecule has 8 rings (SSSR count). The summed E-state index contributed by atoms with van der Waals surface area (Å²) in [7, 11) is 12.8. The van der Waals surface area contributed by atoms with E-state index in [2.05, 4.69) is 177 Å². The van der Waals surface area contributed by atoms with Crippen molar-refractivity contribution in [3.05, 3.63) is 164 Å². The Morgan fingerprint density at radius 2 is 0.796 bits per heavy atom. The van der Waals surface area contributed by atoms with Gasteiger partial charge in [-0.1, -0.05) is 129 Å². The van der Waals surface area contributed by atoms with E-state index in [1.54, 1.807) is 13.5 Å². The predicted octanol–water partition coefficient (Wildman–Crippen LogP) is 14.3. The predicted molar refractivity (Wildman–Crippen MR) is 218 cm³/mol. The van der Waals surface area contributed by atoms with Gasteiger partial charge < -0.3 is 6.92 Å². The average molecular weight is 773 g/mol. The number of hydrogen-bond donors (Lipinski definition) is 0. The van der Waals surface area contributed by atoms with E-state index < -0.39 is 20.8 Å². The van der Waals surface area contributed by atoms with Crippen molar-refractivity contribution in [1.29, 1.82) is 0 Å². The molecule has 0 aliphatic heterocycles. The molecule has 0 amide bonds. The number of aryl methyl sites for hydroxylation is 2. The fourth-order valence-electron chi connectivity index (χ4n) is 6.39. The first-order chi connectivity index (χ1) is 24.1. The van der Waals surface area contributed by atoms with E-state index >= 15 is 0 Å². The summed E-state index contributed by atoms with van der Waals surface area (Å²) >= 11 is -0.826. The van der Waals surface area contributed by atoms with E-state index in [4.69, 9.17) is 17.0 Å². The molecule has 0 aliphatic carbocycles. The first kappa shape index (κ1) is 38.5. The van der Waals surface area contributed by atoms with Gasteiger partial charge in [0.1, 0.15) is 0 Å². The Morgan fingerprint density at radius 3 is 1.16 bits per heavy atom. The summed E-state index contributed by atoms with van der Waals surface area (Å²) in [5, 5.41) is 10.7. The quantitative estimate of drug-likeness (QED) is 0.123. The van der Waals surface area contributed by atoms with Gasteiger partial charge in [-0.15, -0.1) is 69.1 Å². The van der Waals surface area contributed by atoms with Gasteiger partial charge in [0.05, 0.1) is 0 Å². The van der Waals surface area contributed by atoms with Crippen molar-refractivity contribution in [3.63, 3.8) is 0 Å². The van der Waals surface area contributed by atoms with E-state index in [0.29, 0.717) is 0 Å². The van der Waals surface area contributed by atoms with Gasteiger partial charge in [-0.05, 0) is 45.5 Å². The Balaban J connectivity index is 0.000000187. The number of rotatable bonds is 4. The van der Waals surface area contributed by atoms with Crippen molar-refractivity contribution < 1.29 is 20.8 Å². The van der Waals surface area contributed by atoms with E-state index in [-0.39, 0.29) is 0 Å². The first-order valence-corrected chi connectivity index (χ1v) is 24.0. The van der Waals surface area contributed by atoms with Gasteiger partial charge >= 0.3 is 37.9 Å². The third kappa shape index (κ3) is 9.11. The van der Waals surface area contributed by atoms with Gasteiger partial charge in [0, 0.05) is 10.2 Å². The number of hydrogen-bond acceptors (Lipinski definition) is 0. The molecule has 0 saturated carbocycles. The molecule has 3 radical (unpaired) electrons. The Labute approximate surface area is 314 Å². The van der Waals surface area contributed by atoms with Crippen LogP contribution in [0.3, 0.4) is 0 Å². The summed E-state index contributed by atoms with van der Waals surface area (Å²) in [6, 6.07) is 52.9. The molecule has 0 aromatic heterocycles.